The predicted octanol–water partition coefficient (Wildman–Crippen LogP) is 2.12. The van der Waals surface area contributed by atoms with Gasteiger partial charge in [0.05, 0.1) is 0 Å². The highest BCUT2D eigenvalue weighted by molar-refractivity contribution is 6.31. The van der Waals surface area contributed by atoms with E-state index in [0.29, 0.717) is 13.2 Å². The summed E-state index contributed by atoms with van der Waals surface area (Å²) in [6.45, 7) is 8.82. The second-order valence-electron chi connectivity index (χ2n) is 5.53. The summed E-state index contributed by atoms with van der Waals surface area (Å²) in [5.74, 6) is 1.71. The lowest BCUT2D eigenvalue weighted by atomic mass is 9.99. The molecule has 0 aromatic heterocycles. The highest BCUT2D eigenvalue weighted by atomic mass is 35.5. The van der Waals surface area contributed by atoms with Crippen LogP contribution in [0.15, 0.2) is 6.07 Å². The number of nitrogens with zero attached hydrogens (tertiary/aromatic N) is 1. The van der Waals surface area contributed by atoms with Gasteiger partial charge in [-0.25, -0.2) is 0 Å². The number of fused-ring (bicyclic) bond motifs is 1. The van der Waals surface area contributed by atoms with E-state index < -0.39 is 0 Å². The van der Waals surface area contributed by atoms with Crippen LogP contribution in [0.2, 0.25) is 5.02 Å². The molecule has 2 aliphatic heterocycles. The van der Waals surface area contributed by atoms with Crippen molar-refractivity contribution in [3.8, 4) is 11.5 Å². The van der Waals surface area contributed by atoms with Crippen molar-refractivity contribution in [2.24, 2.45) is 0 Å². The second-order valence-corrected chi connectivity index (χ2v) is 5.94. The lowest BCUT2D eigenvalue weighted by Gasteiger charge is -2.28. The molecule has 0 saturated carbocycles. The number of ether oxygens (including phenoxy) is 2. The van der Waals surface area contributed by atoms with Crippen molar-refractivity contribution in [3.63, 3.8) is 0 Å². The molecule has 0 bridgehead atoms. The molecule has 1 aromatic rings. The molecule has 1 N–H and O–H groups in total. The largest absolute Gasteiger partial charge is 0.486 e. The van der Waals surface area contributed by atoms with Gasteiger partial charge >= 0.3 is 0 Å². The molecule has 0 aliphatic carbocycles. The van der Waals surface area contributed by atoms with Gasteiger partial charge in [-0.1, -0.05) is 18.5 Å². The zero-order chi connectivity index (χ0) is 14.7. The number of hydrogen-bond donors (Lipinski definition) is 1. The molecular formula is C16H23ClN2O2. The maximum atomic E-state index is 6.50. The van der Waals surface area contributed by atoms with E-state index in [1.54, 1.807) is 0 Å². The molecule has 3 rings (SSSR count). The minimum Gasteiger partial charge on any atom is -0.486 e. The lowest BCUT2D eigenvalue weighted by Crippen LogP contribution is -2.44. The van der Waals surface area contributed by atoms with Gasteiger partial charge in [0.2, 0.25) is 0 Å². The Labute approximate surface area is 131 Å². The third-order valence-electron chi connectivity index (χ3n) is 4.24. The van der Waals surface area contributed by atoms with Crippen LogP contribution >= 0.6 is 11.6 Å². The molecule has 4 nitrogen and oxygen atoms in total. The highest BCUT2D eigenvalue weighted by Gasteiger charge is 2.21. The average molecular weight is 311 g/mol. The zero-order valence-corrected chi connectivity index (χ0v) is 13.3. The van der Waals surface area contributed by atoms with Crippen molar-refractivity contribution in [1.82, 2.24) is 10.2 Å². The van der Waals surface area contributed by atoms with E-state index in [1.807, 2.05) is 6.07 Å². The Bertz CT molecular complexity index is 502. The van der Waals surface area contributed by atoms with Gasteiger partial charge in [0, 0.05) is 49.4 Å². The Kier molecular flexibility index (Phi) is 4.88. The first-order chi connectivity index (χ1) is 10.3. The van der Waals surface area contributed by atoms with Gasteiger partial charge in [-0.05, 0) is 18.4 Å². The SMILES string of the molecule is CCc1c(CCN2CCNCC2)c(Cl)cc2c1OCCO2. The molecule has 2 aliphatic rings. The molecule has 21 heavy (non-hydrogen) atoms. The van der Waals surface area contributed by atoms with E-state index in [9.17, 15) is 0 Å². The Morgan fingerprint density at radius 3 is 2.71 bits per heavy atom. The fourth-order valence-corrected chi connectivity index (χ4v) is 3.42. The summed E-state index contributed by atoms with van der Waals surface area (Å²) >= 11 is 6.50. The lowest BCUT2D eigenvalue weighted by molar-refractivity contribution is 0.169. The summed E-state index contributed by atoms with van der Waals surface area (Å²) in [7, 11) is 0. The number of nitrogens with one attached hydrogen (secondary N) is 1. The summed E-state index contributed by atoms with van der Waals surface area (Å²) in [6, 6.07) is 1.92. The molecule has 1 saturated heterocycles. The first-order valence-electron chi connectivity index (χ1n) is 7.82. The third kappa shape index (κ3) is 3.28. The zero-order valence-electron chi connectivity index (χ0n) is 12.6. The van der Waals surface area contributed by atoms with Crippen LogP contribution in [-0.2, 0) is 12.8 Å². The van der Waals surface area contributed by atoms with Gasteiger partial charge in [-0.3, -0.25) is 0 Å². The van der Waals surface area contributed by atoms with E-state index in [-0.39, 0.29) is 0 Å². The van der Waals surface area contributed by atoms with Gasteiger partial charge in [0.25, 0.3) is 0 Å². The van der Waals surface area contributed by atoms with Crippen LogP contribution in [0.25, 0.3) is 0 Å². The van der Waals surface area contributed by atoms with Crippen molar-refractivity contribution in [2.45, 2.75) is 19.8 Å². The summed E-state index contributed by atoms with van der Waals surface area (Å²) in [5, 5.41) is 4.19. The normalized spacial score (nSPS) is 18.8. The van der Waals surface area contributed by atoms with Crippen molar-refractivity contribution in [2.75, 3.05) is 45.9 Å². The minimum absolute atomic E-state index is 0.604. The minimum atomic E-state index is 0.604. The van der Waals surface area contributed by atoms with Gasteiger partial charge in [0.1, 0.15) is 13.2 Å². The van der Waals surface area contributed by atoms with E-state index in [2.05, 4.69) is 17.1 Å². The van der Waals surface area contributed by atoms with Gasteiger partial charge in [-0.15, -0.1) is 0 Å². The highest BCUT2D eigenvalue weighted by Crippen LogP contribution is 2.40. The topological polar surface area (TPSA) is 33.7 Å². The second kappa shape index (κ2) is 6.86. The van der Waals surface area contributed by atoms with Gasteiger partial charge in [0.15, 0.2) is 11.5 Å². The molecule has 0 unspecified atom stereocenters. The number of hydrogen-bond acceptors (Lipinski definition) is 4. The average Bonchev–Trinajstić information content (AvgIpc) is 2.53. The van der Waals surface area contributed by atoms with Crippen LogP contribution < -0.4 is 14.8 Å². The number of halogens is 1. The molecule has 1 aromatic carbocycles. The summed E-state index contributed by atoms with van der Waals surface area (Å²) < 4.78 is 11.5. The molecule has 0 amide bonds. The summed E-state index contributed by atoms with van der Waals surface area (Å²) in [4.78, 5) is 2.49. The summed E-state index contributed by atoms with van der Waals surface area (Å²) in [5.41, 5.74) is 2.44. The fraction of sp³-hybridized carbons (Fsp3) is 0.625. The molecule has 0 radical (unpaired) electrons. The standard InChI is InChI=1S/C16H23ClN2O2/c1-2-12-13(3-6-19-7-4-18-5-8-19)14(17)11-15-16(12)21-10-9-20-15/h11,18H,2-10H2,1H3. The fourth-order valence-electron chi connectivity index (χ4n) is 3.11. The Morgan fingerprint density at radius 2 is 1.95 bits per heavy atom. The maximum Gasteiger partial charge on any atom is 0.164 e. The molecule has 1 fully saturated rings. The molecule has 0 spiro atoms. The van der Waals surface area contributed by atoms with Crippen molar-refractivity contribution < 1.29 is 9.47 Å². The van der Waals surface area contributed by atoms with E-state index >= 15 is 0 Å². The smallest absolute Gasteiger partial charge is 0.164 e. The van der Waals surface area contributed by atoms with E-state index in [4.69, 9.17) is 21.1 Å². The monoisotopic (exact) mass is 310 g/mol. The molecule has 5 heteroatoms. The van der Waals surface area contributed by atoms with Crippen molar-refractivity contribution in [1.29, 1.82) is 0 Å². The van der Waals surface area contributed by atoms with Crippen LogP contribution in [-0.4, -0.2) is 50.8 Å². The van der Waals surface area contributed by atoms with Crippen LogP contribution in [0.5, 0.6) is 11.5 Å². The summed E-state index contributed by atoms with van der Waals surface area (Å²) in [6.07, 6.45) is 1.89. The molecule has 2 heterocycles. The first-order valence-corrected chi connectivity index (χ1v) is 8.20. The van der Waals surface area contributed by atoms with Crippen LogP contribution in [0.4, 0.5) is 0 Å². The van der Waals surface area contributed by atoms with Crippen molar-refractivity contribution >= 4 is 11.6 Å². The predicted molar refractivity (Wildman–Crippen MR) is 84.8 cm³/mol. The van der Waals surface area contributed by atoms with Gasteiger partial charge < -0.3 is 19.7 Å². The Balaban J connectivity index is 1.79. The number of rotatable bonds is 4. The third-order valence-corrected chi connectivity index (χ3v) is 4.57. The number of benzene rings is 1. The molecular weight excluding hydrogens is 288 g/mol. The van der Waals surface area contributed by atoms with E-state index in [1.165, 1.54) is 11.1 Å². The van der Waals surface area contributed by atoms with Gasteiger partial charge in [-0.2, -0.15) is 0 Å². The number of piperazine rings is 1. The van der Waals surface area contributed by atoms with Crippen LogP contribution in [0.3, 0.4) is 0 Å². The van der Waals surface area contributed by atoms with Crippen LogP contribution in [0, 0.1) is 0 Å². The quantitative estimate of drug-likeness (QED) is 0.923. The Hall–Kier alpha value is -0.970. The molecule has 116 valence electrons. The van der Waals surface area contributed by atoms with Crippen molar-refractivity contribution in [3.05, 3.63) is 22.2 Å². The molecule has 0 atom stereocenters. The van der Waals surface area contributed by atoms with E-state index in [0.717, 1.165) is 62.1 Å². The van der Waals surface area contributed by atoms with Crippen LogP contribution in [0.1, 0.15) is 18.1 Å². The maximum absolute atomic E-state index is 6.50. The first kappa shape index (κ1) is 14.9. The Morgan fingerprint density at radius 1 is 1.19 bits per heavy atom.